The van der Waals surface area contributed by atoms with Gasteiger partial charge in [-0.25, -0.2) is 4.90 Å². The van der Waals surface area contributed by atoms with Gasteiger partial charge in [0.2, 0.25) is 5.78 Å². The van der Waals surface area contributed by atoms with Crippen LogP contribution >= 0.6 is 0 Å². The van der Waals surface area contributed by atoms with E-state index in [2.05, 4.69) is 5.32 Å². The third-order valence-corrected chi connectivity index (χ3v) is 10.2. The van der Waals surface area contributed by atoms with E-state index in [0.717, 1.165) is 24.0 Å². The smallest absolute Gasteiger partial charge is 0.258 e. The molecule has 5 N–H and O–H groups in total. The van der Waals surface area contributed by atoms with Crippen molar-refractivity contribution in [2.24, 2.45) is 0 Å². The molecule has 4 unspecified atom stereocenters. The summed E-state index contributed by atoms with van der Waals surface area (Å²) in [5.74, 6) is -5.40. The minimum absolute atomic E-state index is 0.0693. The molecule has 0 radical (unpaired) electrons. The molecule has 15 nitrogen and oxygen atoms in total. The molecule has 3 aromatic carbocycles. The molecule has 3 amide bonds. The van der Waals surface area contributed by atoms with E-state index < -0.39 is 107 Å². The van der Waals surface area contributed by atoms with Crippen LogP contribution in [0.15, 0.2) is 54.6 Å². The summed E-state index contributed by atoms with van der Waals surface area (Å²) in [5.41, 5.74) is -3.40. The van der Waals surface area contributed by atoms with Crippen LogP contribution in [0.3, 0.4) is 0 Å². The first-order valence-electron chi connectivity index (χ1n) is 16.7. The fourth-order valence-corrected chi connectivity index (χ4v) is 7.46. The standard InChI is InChI=1S/C38H34N2O13/c1-16-32(44)22(39-37(49)18-6-4-7-19(12-18)40-25(42)10-11-26(40)43)13-27(52-16)53-24-15-38(50,17(2)41)14-21-29(24)36(48)31-30(34(21)46)33(45)20-8-5-9-23(51-3)28(20)35(31)47/h4-12,16,22,24,27,32,44,46,48,50H,13-15H2,1-3H3,(H,39,49)/t16?,22?,24-,27?,32?,38-/m0/s1. The van der Waals surface area contributed by atoms with E-state index in [1.807, 2.05) is 0 Å². The normalized spacial score (nSPS) is 26.2. The monoisotopic (exact) mass is 726 g/mol. The average Bonchev–Trinajstić information content (AvgIpc) is 3.47. The van der Waals surface area contributed by atoms with Crippen molar-refractivity contribution >= 4 is 40.8 Å². The minimum atomic E-state index is -2.13. The lowest BCUT2D eigenvalue weighted by molar-refractivity contribution is -0.248. The third-order valence-electron chi connectivity index (χ3n) is 10.2. The third kappa shape index (κ3) is 5.78. The molecule has 0 saturated carbocycles. The number of nitrogens with one attached hydrogen (secondary N) is 1. The summed E-state index contributed by atoms with van der Waals surface area (Å²) < 4.78 is 17.5. The van der Waals surface area contributed by atoms with E-state index in [1.54, 1.807) is 0 Å². The summed E-state index contributed by atoms with van der Waals surface area (Å²) in [7, 11) is 1.31. The number of rotatable bonds is 7. The van der Waals surface area contributed by atoms with E-state index >= 15 is 0 Å². The van der Waals surface area contributed by atoms with Crippen molar-refractivity contribution < 1.29 is 63.4 Å². The number of anilines is 1. The summed E-state index contributed by atoms with van der Waals surface area (Å²) in [4.78, 5) is 79.2. The average molecular weight is 727 g/mol. The maximum Gasteiger partial charge on any atom is 0.258 e. The first-order valence-corrected chi connectivity index (χ1v) is 16.7. The first-order chi connectivity index (χ1) is 25.1. The SMILES string of the molecule is COc1cccc2c1C(=O)c1c(O)c3c(c(O)c1C2=O)C[C@@](O)(C(C)=O)C[C@@H]3OC1CC(NC(=O)c2cccc(N3C(=O)C=CC3=O)c2)C(O)C(C)O1. The highest BCUT2D eigenvalue weighted by Gasteiger charge is 2.49. The van der Waals surface area contributed by atoms with Crippen LogP contribution in [-0.2, 0) is 30.3 Å². The number of hydrogen-bond donors (Lipinski definition) is 5. The Morgan fingerprint density at radius 2 is 1.64 bits per heavy atom. The van der Waals surface area contributed by atoms with Gasteiger partial charge >= 0.3 is 0 Å². The van der Waals surface area contributed by atoms with E-state index in [1.165, 1.54) is 56.5 Å². The molecular formula is C38H34N2O13. The van der Waals surface area contributed by atoms with E-state index in [-0.39, 0.29) is 45.7 Å². The van der Waals surface area contributed by atoms with Crippen LogP contribution in [0.1, 0.15) is 86.1 Å². The lowest BCUT2D eigenvalue weighted by Crippen LogP contribution is -2.55. The second kappa shape index (κ2) is 13.0. The second-order valence-electron chi connectivity index (χ2n) is 13.4. The van der Waals surface area contributed by atoms with Gasteiger partial charge in [-0.2, -0.15) is 0 Å². The number of nitrogens with zero attached hydrogens (tertiary/aromatic N) is 1. The van der Waals surface area contributed by atoms with Gasteiger partial charge < -0.3 is 40.0 Å². The molecule has 0 spiro atoms. The van der Waals surface area contributed by atoms with E-state index in [0.29, 0.717) is 0 Å². The summed E-state index contributed by atoms with van der Waals surface area (Å²) in [5, 5.41) is 48.6. The Balaban J connectivity index is 1.21. The topological polar surface area (TPSA) is 226 Å². The number of ether oxygens (including phenoxy) is 3. The number of carbonyl (C=O) groups excluding carboxylic acids is 6. The Labute approximate surface area is 301 Å². The highest BCUT2D eigenvalue weighted by molar-refractivity contribution is 6.31. The highest BCUT2D eigenvalue weighted by atomic mass is 16.7. The number of ketones is 3. The number of fused-ring (bicyclic) bond motifs is 3. The lowest BCUT2D eigenvalue weighted by Gasteiger charge is -2.42. The molecule has 7 rings (SSSR count). The van der Waals surface area contributed by atoms with Gasteiger partial charge in [-0.15, -0.1) is 0 Å². The van der Waals surface area contributed by atoms with Crippen molar-refractivity contribution in [2.75, 3.05) is 12.0 Å². The number of phenols is 2. The molecule has 0 aromatic heterocycles. The number of benzene rings is 3. The summed E-state index contributed by atoms with van der Waals surface area (Å²) >= 11 is 0. The molecular weight excluding hydrogens is 692 g/mol. The van der Waals surface area contributed by atoms with Gasteiger partial charge in [0, 0.05) is 53.7 Å². The van der Waals surface area contributed by atoms with Crippen LogP contribution in [0, 0.1) is 0 Å². The Morgan fingerprint density at radius 1 is 0.962 bits per heavy atom. The zero-order valence-electron chi connectivity index (χ0n) is 28.6. The molecule has 274 valence electrons. The maximum atomic E-state index is 13.9. The predicted molar refractivity (Wildman–Crippen MR) is 182 cm³/mol. The lowest BCUT2D eigenvalue weighted by atomic mass is 9.72. The zero-order valence-corrected chi connectivity index (χ0v) is 28.6. The quantitative estimate of drug-likeness (QED) is 0.136. The van der Waals surface area contributed by atoms with Gasteiger partial charge in [-0.05, 0) is 38.1 Å². The summed E-state index contributed by atoms with van der Waals surface area (Å²) in [6.45, 7) is 2.66. The van der Waals surface area contributed by atoms with Gasteiger partial charge in [0.25, 0.3) is 17.7 Å². The number of amides is 3. The Morgan fingerprint density at radius 3 is 2.32 bits per heavy atom. The van der Waals surface area contributed by atoms with Crippen LogP contribution in [0.25, 0.3) is 0 Å². The van der Waals surface area contributed by atoms with Gasteiger partial charge in [0.15, 0.2) is 17.9 Å². The number of aromatic hydroxyl groups is 2. The van der Waals surface area contributed by atoms with Gasteiger partial charge in [0.1, 0.15) is 29.0 Å². The zero-order chi connectivity index (χ0) is 38.1. The summed E-state index contributed by atoms with van der Waals surface area (Å²) in [6.07, 6.45) is -3.78. The van der Waals surface area contributed by atoms with Crippen molar-refractivity contribution in [3.8, 4) is 17.2 Å². The number of phenolic OH excluding ortho intramolecular Hbond substituents is 2. The van der Waals surface area contributed by atoms with Crippen LogP contribution in [0.2, 0.25) is 0 Å². The van der Waals surface area contributed by atoms with Gasteiger partial charge in [0.05, 0.1) is 47.7 Å². The molecule has 53 heavy (non-hydrogen) atoms. The second-order valence-corrected chi connectivity index (χ2v) is 13.4. The molecule has 3 aromatic rings. The molecule has 1 saturated heterocycles. The predicted octanol–water partition coefficient (Wildman–Crippen LogP) is 1.93. The minimum Gasteiger partial charge on any atom is -0.507 e. The molecule has 6 atom stereocenters. The molecule has 15 heteroatoms. The van der Waals surface area contributed by atoms with Crippen molar-refractivity contribution in [3.63, 3.8) is 0 Å². The van der Waals surface area contributed by atoms with Crippen molar-refractivity contribution in [1.82, 2.24) is 5.32 Å². The number of imide groups is 1. The molecule has 4 aliphatic rings. The Kier molecular flexibility index (Phi) is 8.77. The number of carbonyl (C=O) groups is 6. The Hall–Kier alpha value is -5.74. The fraction of sp³-hybridized carbons (Fsp3) is 0.316. The van der Waals surface area contributed by atoms with Crippen molar-refractivity contribution in [2.45, 2.75) is 69.4 Å². The number of Topliss-reactive ketones (excluding diaryl/α,β-unsaturated/α-hetero) is 1. The first kappa shape index (κ1) is 35.7. The van der Waals surface area contributed by atoms with Gasteiger partial charge in [-0.1, -0.05) is 18.2 Å². The highest BCUT2D eigenvalue weighted by Crippen LogP contribution is 2.52. The Bertz CT molecular complexity index is 2160. The molecule has 2 heterocycles. The van der Waals surface area contributed by atoms with Gasteiger partial charge in [-0.3, -0.25) is 28.8 Å². The number of hydrogen-bond acceptors (Lipinski definition) is 13. The van der Waals surface area contributed by atoms with E-state index in [4.69, 9.17) is 14.2 Å². The maximum absolute atomic E-state index is 13.9. The van der Waals surface area contributed by atoms with Crippen molar-refractivity contribution in [3.05, 3.63) is 93.6 Å². The fourth-order valence-electron chi connectivity index (χ4n) is 7.46. The molecule has 2 aliphatic heterocycles. The molecule has 0 bridgehead atoms. The summed E-state index contributed by atoms with van der Waals surface area (Å²) in [6, 6.07) is 9.12. The van der Waals surface area contributed by atoms with E-state index in [9.17, 15) is 49.2 Å². The number of aliphatic hydroxyl groups is 2. The number of aliphatic hydroxyl groups excluding tert-OH is 1. The van der Waals surface area contributed by atoms with Crippen LogP contribution < -0.4 is 15.0 Å². The molecule has 2 aliphatic carbocycles. The molecule has 1 fully saturated rings. The number of methoxy groups -OCH3 is 1. The van der Waals surface area contributed by atoms with Crippen molar-refractivity contribution in [1.29, 1.82) is 0 Å². The van der Waals surface area contributed by atoms with Crippen LogP contribution in [0.4, 0.5) is 5.69 Å². The van der Waals surface area contributed by atoms with Crippen LogP contribution in [-0.4, -0.2) is 92.7 Å². The largest absolute Gasteiger partial charge is 0.507 e. The van der Waals surface area contributed by atoms with Crippen LogP contribution in [0.5, 0.6) is 17.2 Å².